The molecule has 0 aliphatic carbocycles. The van der Waals surface area contributed by atoms with Gasteiger partial charge in [0, 0.05) is 12.2 Å². The predicted octanol–water partition coefficient (Wildman–Crippen LogP) is 0.316. The Morgan fingerprint density at radius 3 is 1.00 bits per heavy atom. The standard InChI is InChI=1S/2C3H4O2.2CHNO/c2*1-2-3(4)5;2*2-1-3/h2*2H,1H2,(H,4,5);2*2H. The van der Waals surface area contributed by atoms with Crippen molar-refractivity contribution in [3.63, 3.8) is 0 Å². The van der Waals surface area contributed by atoms with Gasteiger partial charge in [-0.1, -0.05) is 13.2 Å². The number of carbonyl (C=O) groups excluding carboxylic acids is 2. The van der Waals surface area contributed by atoms with Gasteiger partial charge >= 0.3 is 11.9 Å². The van der Waals surface area contributed by atoms with Crippen LogP contribution in [0.2, 0.25) is 0 Å². The summed E-state index contributed by atoms with van der Waals surface area (Å²) in [5, 5.41) is 26.0. The fourth-order valence-electron chi connectivity index (χ4n) is 0. The summed E-state index contributed by atoms with van der Waals surface area (Å²) in [6.07, 6.45) is 3.17. The summed E-state index contributed by atoms with van der Waals surface area (Å²) in [5.41, 5.74) is 0. The Balaban J connectivity index is -0.0000000621. The van der Waals surface area contributed by atoms with Gasteiger partial charge in [0.1, 0.15) is 0 Å². The average molecular weight is 230 g/mol. The van der Waals surface area contributed by atoms with Crippen LogP contribution in [0.4, 0.5) is 0 Å². The Kier molecular flexibility index (Phi) is 42.8. The fourth-order valence-corrected chi connectivity index (χ4v) is 0. The number of isocyanates is 2. The first kappa shape index (κ1) is 23.2. The van der Waals surface area contributed by atoms with Gasteiger partial charge in [0.2, 0.25) is 12.2 Å². The van der Waals surface area contributed by atoms with E-state index in [0.29, 0.717) is 0 Å². The van der Waals surface area contributed by atoms with Crippen molar-refractivity contribution in [2.24, 2.45) is 0 Å². The van der Waals surface area contributed by atoms with Gasteiger partial charge in [0.05, 0.1) is 0 Å². The molecule has 0 spiro atoms. The van der Waals surface area contributed by atoms with Crippen molar-refractivity contribution in [1.82, 2.24) is 0 Å². The van der Waals surface area contributed by atoms with Crippen molar-refractivity contribution >= 4 is 24.1 Å². The first-order valence-corrected chi connectivity index (χ1v) is 3.16. The van der Waals surface area contributed by atoms with Gasteiger partial charge in [-0.05, 0) is 0 Å². The second kappa shape index (κ2) is 29.5. The average Bonchev–Trinajstić information content (AvgIpc) is 2.21. The van der Waals surface area contributed by atoms with Crippen LogP contribution in [0, 0.1) is 10.8 Å². The van der Waals surface area contributed by atoms with E-state index in [1.54, 1.807) is 0 Å². The molecule has 0 heterocycles. The molecule has 0 aromatic heterocycles. The normalized spacial score (nSPS) is 5.00. The van der Waals surface area contributed by atoms with Crippen LogP contribution in [0.1, 0.15) is 0 Å². The molecule has 0 bridgehead atoms. The summed E-state index contributed by atoms with van der Waals surface area (Å²) in [5.74, 6) is -1.96. The molecule has 8 heteroatoms. The van der Waals surface area contributed by atoms with Gasteiger partial charge in [0.15, 0.2) is 0 Å². The van der Waals surface area contributed by atoms with Crippen molar-refractivity contribution in [1.29, 1.82) is 10.8 Å². The van der Waals surface area contributed by atoms with Crippen molar-refractivity contribution in [2.75, 3.05) is 0 Å². The minimum absolute atomic E-state index is 0.750. The zero-order valence-electron chi connectivity index (χ0n) is 8.10. The van der Waals surface area contributed by atoms with E-state index in [2.05, 4.69) is 13.2 Å². The van der Waals surface area contributed by atoms with Crippen molar-refractivity contribution in [3.8, 4) is 0 Å². The quantitative estimate of drug-likeness (QED) is 0.304. The van der Waals surface area contributed by atoms with Crippen molar-refractivity contribution in [3.05, 3.63) is 25.3 Å². The first-order valence-electron chi connectivity index (χ1n) is 3.16. The monoisotopic (exact) mass is 230 g/mol. The summed E-state index contributed by atoms with van der Waals surface area (Å²) in [6.45, 7) is 5.92. The van der Waals surface area contributed by atoms with Crippen molar-refractivity contribution < 1.29 is 29.4 Å². The highest BCUT2D eigenvalue weighted by atomic mass is 16.4. The zero-order chi connectivity index (χ0) is 14.0. The van der Waals surface area contributed by atoms with E-state index < -0.39 is 11.9 Å². The van der Waals surface area contributed by atoms with E-state index in [4.69, 9.17) is 30.6 Å². The largest absolute Gasteiger partial charge is 0.478 e. The lowest BCUT2D eigenvalue weighted by Gasteiger charge is -1.64. The third kappa shape index (κ3) is 832. The molecule has 0 atom stereocenters. The van der Waals surface area contributed by atoms with Gasteiger partial charge in [-0.25, -0.2) is 30.0 Å². The number of hydrogen-bond donors (Lipinski definition) is 4. The minimum atomic E-state index is -0.981. The number of carbonyl (C=O) groups is 2. The van der Waals surface area contributed by atoms with E-state index in [-0.39, 0.29) is 0 Å². The number of nitrogens with one attached hydrogen (secondary N) is 2. The molecular formula is C8H10N2O6. The Morgan fingerprint density at radius 2 is 1.00 bits per heavy atom. The van der Waals surface area contributed by atoms with E-state index in [1.165, 1.54) is 0 Å². The third-order valence-corrected chi connectivity index (χ3v) is 0.349. The molecule has 8 nitrogen and oxygen atoms in total. The number of rotatable bonds is 2. The lowest BCUT2D eigenvalue weighted by atomic mass is 10.7. The first-order chi connectivity index (χ1) is 7.37. The second-order valence-electron chi connectivity index (χ2n) is 1.29. The van der Waals surface area contributed by atoms with Crippen LogP contribution < -0.4 is 0 Å². The van der Waals surface area contributed by atoms with Crippen LogP contribution in [0.3, 0.4) is 0 Å². The van der Waals surface area contributed by atoms with Crippen LogP contribution in [-0.4, -0.2) is 34.3 Å². The lowest BCUT2D eigenvalue weighted by Crippen LogP contribution is -1.82. The Labute approximate surface area is 90.5 Å². The molecule has 0 aromatic rings. The number of hydrogen-bond acceptors (Lipinski definition) is 6. The molecule has 0 unspecified atom stereocenters. The second-order valence-corrected chi connectivity index (χ2v) is 1.29. The SMILES string of the molecule is C=CC(=O)O.C=CC(=O)O.N=C=O.N=C=O. The molecule has 88 valence electrons. The molecule has 0 fully saturated rings. The summed E-state index contributed by atoms with van der Waals surface area (Å²) in [7, 11) is 0. The Morgan fingerprint density at radius 1 is 0.938 bits per heavy atom. The zero-order valence-corrected chi connectivity index (χ0v) is 8.10. The molecule has 0 aromatic carbocycles. The lowest BCUT2D eigenvalue weighted by molar-refractivity contribution is -0.132. The van der Waals surface area contributed by atoms with Crippen LogP contribution in [0.25, 0.3) is 0 Å². The van der Waals surface area contributed by atoms with E-state index in [0.717, 1.165) is 24.3 Å². The molecule has 0 saturated carbocycles. The molecule has 0 saturated heterocycles. The summed E-state index contributed by atoms with van der Waals surface area (Å²) >= 11 is 0. The van der Waals surface area contributed by atoms with Gasteiger partial charge in [-0.2, -0.15) is 0 Å². The smallest absolute Gasteiger partial charge is 0.327 e. The molecule has 4 N–H and O–H groups in total. The Hall–Kier alpha value is -2.82. The summed E-state index contributed by atoms with van der Waals surface area (Å²) < 4.78 is 0. The van der Waals surface area contributed by atoms with Crippen LogP contribution in [-0.2, 0) is 19.2 Å². The maximum absolute atomic E-state index is 9.25. The predicted molar refractivity (Wildman–Crippen MR) is 52.5 cm³/mol. The molecule has 0 aliphatic heterocycles. The van der Waals surface area contributed by atoms with Gasteiger partial charge < -0.3 is 10.2 Å². The van der Waals surface area contributed by atoms with E-state index in [9.17, 15) is 9.59 Å². The fraction of sp³-hybridized carbons (Fsp3) is 0. The van der Waals surface area contributed by atoms with Gasteiger partial charge in [-0.15, -0.1) is 0 Å². The van der Waals surface area contributed by atoms with Crippen LogP contribution in [0.5, 0.6) is 0 Å². The highest BCUT2D eigenvalue weighted by molar-refractivity contribution is 5.79. The molecule has 0 aliphatic rings. The van der Waals surface area contributed by atoms with E-state index >= 15 is 0 Å². The van der Waals surface area contributed by atoms with Gasteiger partial charge in [0.25, 0.3) is 0 Å². The molecule has 0 amide bonds. The van der Waals surface area contributed by atoms with Crippen LogP contribution in [0.15, 0.2) is 25.3 Å². The maximum atomic E-state index is 9.25. The Bertz CT molecular complexity index is 255. The highest BCUT2D eigenvalue weighted by Crippen LogP contribution is 1.55. The molecule has 0 radical (unpaired) electrons. The number of carboxylic acids is 2. The minimum Gasteiger partial charge on any atom is -0.478 e. The van der Waals surface area contributed by atoms with Gasteiger partial charge in [-0.3, -0.25) is 0 Å². The number of aliphatic carboxylic acids is 2. The molecule has 0 rings (SSSR count). The highest BCUT2D eigenvalue weighted by Gasteiger charge is 1.73. The van der Waals surface area contributed by atoms with Crippen molar-refractivity contribution in [2.45, 2.75) is 0 Å². The summed E-state index contributed by atoms with van der Waals surface area (Å²) in [4.78, 5) is 35.2. The van der Waals surface area contributed by atoms with Crippen LogP contribution >= 0.6 is 0 Å². The summed E-state index contributed by atoms with van der Waals surface area (Å²) in [6, 6.07) is 0. The number of carboxylic acid groups (broad SMARTS) is 2. The third-order valence-electron chi connectivity index (χ3n) is 0.349. The molecule has 16 heavy (non-hydrogen) atoms. The molecular weight excluding hydrogens is 220 g/mol. The van der Waals surface area contributed by atoms with E-state index in [1.807, 2.05) is 0 Å². The topological polar surface area (TPSA) is 156 Å². The maximum Gasteiger partial charge on any atom is 0.327 e.